The van der Waals surface area contributed by atoms with Crippen LogP contribution >= 0.6 is 0 Å². The molecule has 2 atom stereocenters. The molecule has 26 heavy (non-hydrogen) atoms. The van der Waals surface area contributed by atoms with Gasteiger partial charge in [0.25, 0.3) is 0 Å². The normalized spacial score (nSPS) is 13.9. The number of rotatable bonds is 9. The van der Waals surface area contributed by atoms with E-state index in [1.165, 1.54) is 0 Å². The van der Waals surface area contributed by atoms with Crippen LogP contribution < -0.4 is 15.4 Å². The van der Waals surface area contributed by atoms with Crippen molar-refractivity contribution >= 4 is 5.96 Å². The van der Waals surface area contributed by atoms with E-state index in [1.807, 2.05) is 35.1 Å². The smallest absolute Gasteiger partial charge is 0.191 e. The van der Waals surface area contributed by atoms with Gasteiger partial charge in [-0.3, -0.25) is 9.67 Å². The third kappa shape index (κ3) is 6.78. The molecule has 0 aliphatic carbocycles. The lowest BCUT2D eigenvalue weighted by Gasteiger charge is -2.19. The Kier molecular flexibility index (Phi) is 7.99. The highest BCUT2D eigenvalue weighted by Gasteiger charge is 2.08. The van der Waals surface area contributed by atoms with Gasteiger partial charge in [-0.1, -0.05) is 25.1 Å². The molecule has 6 heteroatoms. The van der Waals surface area contributed by atoms with Crippen LogP contribution in [0.25, 0.3) is 0 Å². The van der Waals surface area contributed by atoms with Crippen molar-refractivity contribution in [2.45, 2.75) is 40.3 Å². The fraction of sp³-hybridized carbons (Fsp3) is 0.500. The average Bonchev–Trinajstić information content (AvgIpc) is 3.12. The van der Waals surface area contributed by atoms with E-state index in [0.717, 1.165) is 36.9 Å². The molecule has 0 aliphatic rings. The van der Waals surface area contributed by atoms with Crippen molar-refractivity contribution < 1.29 is 4.74 Å². The number of aryl methyl sites for hydroxylation is 1. The maximum Gasteiger partial charge on any atom is 0.191 e. The Morgan fingerprint density at radius 3 is 2.73 bits per heavy atom. The van der Waals surface area contributed by atoms with Gasteiger partial charge in [0.05, 0.1) is 6.54 Å². The molecule has 0 radical (unpaired) electrons. The number of guanidine groups is 1. The van der Waals surface area contributed by atoms with E-state index in [4.69, 9.17) is 4.74 Å². The van der Waals surface area contributed by atoms with Crippen LogP contribution in [0.15, 0.2) is 47.7 Å². The zero-order chi connectivity index (χ0) is 18.8. The summed E-state index contributed by atoms with van der Waals surface area (Å²) in [5, 5.41) is 10.9. The quantitative estimate of drug-likeness (QED) is 0.535. The van der Waals surface area contributed by atoms with Crippen molar-refractivity contribution in [1.29, 1.82) is 0 Å². The summed E-state index contributed by atoms with van der Waals surface area (Å²) in [4.78, 5) is 4.69. The SMILES string of the molecule is CCNC(=NCC(C)Cn1cccn1)NCC(C)Oc1ccccc1C. The summed E-state index contributed by atoms with van der Waals surface area (Å²) < 4.78 is 7.96. The number of hydrogen-bond donors (Lipinski definition) is 2. The molecule has 1 aromatic heterocycles. The largest absolute Gasteiger partial charge is 0.489 e. The van der Waals surface area contributed by atoms with E-state index >= 15 is 0 Å². The van der Waals surface area contributed by atoms with E-state index in [9.17, 15) is 0 Å². The number of aromatic nitrogens is 2. The fourth-order valence-corrected chi connectivity index (χ4v) is 2.56. The minimum absolute atomic E-state index is 0.0430. The molecular weight excluding hydrogens is 326 g/mol. The zero-order valence-corrected chi connectivity index (χ0v) is 16.3. The predicted molar refractivity (Wildman–Crippen MR) is 107 cm³/mol. The predicted octanol–water partition coefficient (Wildman–Crippen LogP) is 2.85. The van der Waals surface area contributed by atoms with Gasteiger partial charge in [-0.15, -0.1) is 0 Å². The highest BCUT2D eigenvalue weighted by molar-refractivity contribution is 5.79. The van der Waals surface area contributed by atoms with E-state index in [2.05, 4.69) is 54.5 Å². The van der Waals surface area contributed by atoms with E-state index in [1.54, 1.807) is 6.20 Å². The van der Waals surface area contributed by atoms with Crippen LogP contribution in [0.3, 0.4) is 0 Å². The summed E-state index contributed by atoms with van der Waals surface area (Å²) >= 11 is 0. The molecule has 0 spiro atoms. The third-order valence-corrected chi connectivity index (χ3v) is 3.94. The lowest BCUT2D eigenvalue weighted by atomic mass is 10.2. The van der Waals surface area contributed by atoms with Crippen molar-refractivity contribution in [2.75, 3.05) is 19.6 Å². The number of nitrogens with zero attached hydrogens (tertiary/aromatic N) is 3. The summed E-state index contributed by atoms with van der Waals surface area (Å²) in [6.45, 7) is 11.5. The van der Waals surface area contributed by atoms with Crippen molar-refractivity contribution in [3.05, 3.63) is 48.3 Å². The Morgan fingerprint density at radius 1 is 1.23 bits per heavy atom. The average molecular weight is 358 g/mol. The maximum atomic E-state index is 6.01. The van der Waals surface area contributed by atoms with Crippen LogP contribution in [-0.4, -0.2) is 41.5 Å². The fourth-order valence-electron chi connectivity index (χ4n) is 2.56. The monoisotopic (exact) mass is 357 g/mol. The Bertz CT molecular complexity index is 669. The van der Waals surface area contributed by atoms with Gasteiger partial charge in [-0.25, -0.2) is 0 Å². The summed E-state index contributed by atoms with van der Waals surface area (Å²) in [6, 6.07) is 10.0. The minimum atomic E-state index is 0.0430. The second-order valence-corrected chi connectivity index (χ2v) is 6.63. The second-order valence-electron chi connectivity index (χ2n) is 6.63. The van der Waals surface area contributed by atoms with Crippen molar-refractivity contribution in [2.24, 2.45) is 10.9 Å². The van der Waals surface area contributed by atoms with Crippen LogP contribution in [0.5, 0.6) is 5.75 Å². The number of benzene rings is 1. The molecule has 2 rings (SSSR count). The third-order valence-electron chi connectivity index (χ3n) is 3.94. The lowest BCUT2D eigenvalue weighted by molar-refractivity contribution is 0.222. The van der Waals surface area contributed by atoms with Crippen LogP contribution in [0, 0.1) is 12.8 Å². The molecule has 2 N–H and O–H groups in total. The van der Waals surface area contributed by atoms with Crippen molar-refractivity contribution in [3.8, 4) is 5.75 Å². The first-order chi connectivity index (χ1) is 12.6. The molecular formula is C20H31N5O. The van der Waals surface area contributed by atoms with Gasteiger partial charge in [0.15, 0.2) is 5.96 Å². The Balaban J connectivity index is 1.81. The standard InChI is InChI=1S/C20H31N5O/c1-5-21-20(22-13-16(2)15-25-12-8-11-24-25)23-14-18(4)26-19-10-7-6-9-17(19)3/h6-12,16,18H,5,13-15H2,1-4H3,(H2,21,22,23). The molecule has 2 unspecified atom stereocenters. The highest BCUT2D eigenvalue weighted by atomic mass is 16.5. The van der Waals surface area contributed by atoms with E-state index in [0.29, 0.717) is 12.5 Å². The van der Waals surface area contributed by atoms with E-state index < -0.39 is 0 Å². The first kappa shape index (κ1) is 19.8. The van der Waals surface area contributed by atoms with Crippen LogP contribution in [0.2, 0.25) is 0 Å². The van der Waals surface area contributed by atoms with Gasteiger partial charge in [-0.05, 0) is 44.4 Å². The number of hydrogen-bond acceptors (Lipinski definition) is 3. The first-order valence-electron chi connectivity index (χ1n) is 9.30. The van der Waals surface area contributed by atoms with Crippen LogP contribution in [0.4, 0.5) is 0 Å². The van der Waals surface area contributed by atoms with Gasteiger partial charge in [0.1, 0.15) is 11.9 Å². The molecule has 0 aliphatic heterocycles. The zero-order valence-electron chi connectivity index (χ0n) is 16.3. The second kappa shape index (κ2) is 10.5. The summed E-state index contributed by atoms with van der Waals surface area (Å²) in [5.74, 6) is 2.16. The number of para-hydroxylation sites is 1. The number of ether oxygens (including phenoxy) is 1. The van der Waals surface area contributed by atoms with Gasteiger partial charge in [0.2, 0.25) is 0 Å². The highest BCUT2D eigenvalue weighted by Crippen LogP contribution is 2.17. The summed E-state index contributed by atoms with van der Waals surface area (Å²) in [7, 11) is 0. The molecule has 0 amide bonds. The summed E-state index contributed by atoms with van der Waals surface area (Å²) in [6.07, 6.45) is 3.83. The first-order valence-corrected chi connectivity index (χ1v) is 9.30. The van der Waals surface area contributed by atoms with Gasteiger partial charge >= 0.3 is 0 Å². The number of aliphatic imine (C=N–C) groups is 1. The molecule has 0 fully saturated rings. The molecule has 142 valence electrons. The number of nitrogens with one attached hydrogen (secondary N) is 2. The van der Waals surface area contributed by atoms with Gasteiger partial charge in [-0.2, -0.15) is 5.10 Å². The maximum absolute atomic E-state index is 6.01. The Labute approximate surface area is 156 Å². The molecule has 0 saturated carbocycles. The molecule has 6 nitrogen and oxygen atoms in total. The van der Waals surface area contributed by atoms with Crippen LogP contribution in [-0.2, 0) is 6.54 Å². The Morgan fingerprint density at radius 2 is 2.04 bits per heavy atom. The van der Waals surface area contributed by atoms with Crippen molar-refractivity contribution in [3.63, 3.8) is 0 Å². The molecule has 2 aromatic rings. The molecule has 1 aromatic carbocycles. The minimum Gasteiger partial charge on any atom is -0.489 e. The van der Waals surface area contributed by atoms with Gasteiger partial charge in [0, 0.05) is 32.0 Å². The molecule has 0 saturated heterocycles. The molecule has 1 heterocycles. The topological polar surface area (TPSA) is 63.5 Å². The van der Waals surface area contributed by atoms with E-state index in [-0.39, 0.29) is 6.10 Å². The summed E-state index contributed by atoms with van der Waals surface area (Å²) in [5.41, 5.74) is 1.15. The van der Waals surface area contributed by atoms with Gasteiger partial charge < -0.3 is 15.4 Å². The Hall–Kier alpha value is -2.50. The lowest BCUT2D eigenvalue weighted by Crippen LogP contribution is -2.42. The van der Waals surface area contributed by atoms with Crippen molar-refractivity contribution in [1.82, 2.24) is 20.4 Å². The molecule has 0 bridgehead atoms. The van der Waals surface area contributed by atoms with Crippen LogP contribution in [0.1, 0.15) is 26.3 Å².